The summed E-state index contributed by atoms with van der Waals surface area (Å²) in [5.41, 5.74) is 0. The zero-order chi connectivity index (χ0) is 4.50. The zero-order valence-corrected chi connectivity index (χ0v) is 7.68. The van der Waals surface area contributed by atoms with Gasteiger partial charge in [-0.1, -0.05) is 0 Å². The van der Waals surface area contributed by atoms with Gasteiger partial charge in [0.25, 0.3) is 0 Å². The summed E-state index contributed by atoms with van der Waals surface area (Å²) in [5, 5.41) is 0. The van der Waals surface area contributed by atoms with Crippen molar-refractivity contribution in [3.63, 3.8) is 0 Å². The van der Waals surface area contributed by atoms with Crippen LogP contribution in [0.15, 0.2) is 0 Å². The van der Waals surface area contributed by atoms with Crippen LogP contribution in [0.1, 0.15) is 0 Å². The van der Waals surface area contributed by atoms with Gasteiger partial charge in [-0.15, -0.1) is 0 Å². The average molecular weight is 251 g/mol. The van der Waals surface area contributed by atoms with E-state index >= 15 is 0 Å². The molecule has 0 aliphatic heterocycles. The third kappa shape index (κ3) is 59.1. The van der Waals surface area contributed by atoms with Crippen LogP contribution >= 0.6 is 0 Å². The van der Waals surface area contributed by atoms with Gasteiger partial charge in [-0.3, -0.25) is 9.11 Å². The van der Waals surface area contributed by atoms with Crippen LogP contribution in [-0.4, -0.2) is 68.9 Å². The number of rotatable bonds is 0. The van der Waals surface area contributed by atoms with E-state index in [-0.39, 0.29) is 78.7 Å². The standard InChI is InChI=1S/Cd.K.H2O4S.H/c;;1-5(2,3)4;/h;;(H2,1,2,3,4);. The molecule has 2 N–H and O–H groups in total. The summed E-state index contributed by atoms with van der Waals surface area (Å²) in [7, 11) is -4.67. The van der Waals surface area contributed by atoms with Gasteiger partial charge >= 0.3 is 61.8 Å². The van der Waals surface area contributed by atoms with Crippen LogP contribution in [0.4, 0.5) is 0 Å². The van der Waals surface area contributed by atoms with Crippen molar-refractivity contribution in [3.05, 3.63) is 0 Å². The van der Waals surface area contributed by atoms with Crippen molar-refractivity contribution in [1.82, 2.24) is 0 Å². The Morgan fingerprint density at radius 2 is 1.14 bits per heavy atom. The van der Waals surface area contributed by atoms with Gasteiger partial charge in [0.1, 0.15) is 0 Å². The second-order valence-corrected chi connectivity index (χ2v) is 1.34. The molecule has 0 aromatic heterocycles. The Balaban J connectivity index is -0.0000000800. The van der Waals surface area contributed by atoms with E-state index in [1.54, 1.807) is 0 Å². The van der Waals surface area contributed by atoms with E-state index in [1.165, 1.54) is 0 Å². The molecule has 0 unspecified atom stereocenters. The molecule has 7 heteroatoms. The first-order valence-electron chi connectivity index (χ1n) is 0.698. The van der Waals surface area contributed by atoms with E-state index in [1.807, 2.05) is 0 Å². The molecule has 0 spiro atoms. The summed E-state index contributed by atoms with van der Waals surface area (Å²) in [6.07, 6.45) is 0. The third-order valence-electron chi connectivity index (χ3n) is 0. The van der Waals surface area contributed by atoms with Gasteiger partial charge in [-0.05, 0) is 0 Å². The molecule has 0 saturated carbocycles. The van der Waals surface area contributed by atoms with Crippen LogP contribution in [0, 0.1) is 0 Å². The van der Waals surface area contributed by atoms with Crippen LogP contribution in [0.2, 0.25) is 0 Å². The van der Waals surface area contributed by atoms with Crippen molar-refractivity contribution in [3.8, 4) is 0 Å². The maximum atomic E-state index is 8.74. The summed E-state index contributed by atoms with van der Waals surface area (Å²) in [6.45, 7) is 0. The fourth-order valence-electron chi connectivity index (χ4n) is 0. The van der Waals surface area contributed by atoms with E-state index in [0.717, 1.165) is 0 Å². The Bertz CT molecular complexity index is 94.9. The van der Waals surface area contributed by atoms with Crippen molar-refractivity contribution >= 4 is 61.8 Å². The molecule has 4 nitrogen and oxygen atoms in total. The predicted octanol–water partition coefficient (Wildman–Crippen LogP) is -1.30. The van der Waals surface area contributed by atoms with Gasteiger partial charge in [-0.25, -0.2) is 0 Å². The van der Waals surface area contributed by atoms with E-state index in [9.17, 15) is 0 Å². The van der Waals surface area contributed by atoms with Crippen LogP contribution in [0.3, 0.4) is 0 Å². The molecule has 0 radical (unpaired) electrons. The fourth-order valence-corrected chi connectivity index (χ4v) is 0. The molecule has 0 aromatic carbocycles. The van der Waals surface area contributed by atoms with Crippen LogP contribution in [0.5, 0.6) is 0 Å². The monoisotopic (exact) mass is 252 g/mol. The Kier molecular flexibility index (Phi) is 15.2. The number of hydrogen-bond acceptors (Lipinski definition) is 2. The van der Waals surface area contributed by atoms with Crippen LogP contribution < -0.4 is 0 Å². The summed E-state index contributed by atoms with van der Waals surface area (Å²) >= 11 is 0. The fraction of sp³-hybridized carbons (Fsp3) is 0. The molecule has 0 aliphatic carbocycles. The normalized spacial score (nSPS) is 8.29. The van der Waals surface area contributed by atoms with Crippen LogP contribution in [-0.2, 0) is 37.7 Å². The maximum absolute atomic E-state index is 8.74. The average Bonchev–Trinajstić information content (AvgIpc) is 0.722. The molecule has 36 valence electrons. The van der Waals surface area contributed by atoms with Gasteiger partial charge in [0.15, 0.2) is 0 Å². The Labute approximate surface area is 104 Å². The Morgan fingerprint density at radius 1 is 1.14 bits per heavy atom. The molecule has 0 atom stereocenters. The van der Waals surface area contributed by atoms with Gasteiger partial charge in [0.05, 0.1) is 0 Å². The molecule has 0 bridgehead atoms. The van der Waals surface area contributed by atoms with Gasteiger partial charge in [0.2, 0.25) is 0 Å². The zero-order valence-electron chi connectivity index (χ0n) is 2.83. The quantitative estimate of drug-likeness (QED) is 0.414. The first-order valence-corrected chi connectivity index (χ1v) is 2.10. The van der Waals surface area contributed by atoms with E-state index < -0.39 is 10.4 Å². The summed E-state index contributed by atoms with van der Waals surface area (Å²) in [4.78, 5) is 0. The topological polar surface area (TPSA) is 74.6 Å². The molecular weight excluding hydrogens is 248 g/mol. The molecule has 0 amide bonds. The molecule has 0 aliphatic rings. The van der Waals surface area contributed by atoms with Gasteiger partial charge in [0, 0.05) is 27.3 Å². The Morgan fingerprint density at radius 3 is 1.14 bits per heavy atom. The predicted molar refractivity (Wildman–Crippen MR) is 21.3 cm³/mol. The van der Waals surface area contributed by atoms with Crippen molar-refractivity contribution < 1.29 is 44.8 Å². The summed E-state index contributed by atoms with van der Waals surface area (Å²) in [5.74, 6) is 0. The van der Waals surface area contributed by atoms with E-state index in [4.69, 9.17) is 17.5 Å². The minimum absolute atomic E-state index is 0. The second kappa shape index (κ2) is 6.55. The van der Waals surface area contributed by atoms with Crippen molar-refractivity contribution in [2.24, 2.45) is 0 Å². The van der Waals surface area contributed by atoms with Crippen molar-refractivity contribution in [2.45, 2.75) is 0 Å². The van der Waals surface area contributed by atoms with Crippen molar-refractivity contribution in [2.75, 3.05) is 0 Å². The first kappa shape index (κ1) is 16.2. The molecule has 0 aromatic rings. The third-order valence-corrected chi connectivity index (χ3v) is 0. The summed E-state index contributed by atoms with van der Waals surface area (Å²) < 4.78 is 31.6. The second-order valence-electron chi connectivity index (χ2n) is 0.448. The molecule has 0 fully saturated rings. The molecule has 0 heterocycles. The minimum atomic E-state index is -4.67. The molecule has 0 saturated heterocycles. The van der Waals surface area contributed by atoms with E-state index in [0.29, 0.717) is 0 Å². The summed E-state index contributed by atoms with van der Waals surface area (Å²) in [6, 6.07) is 0. The molecule has 0 rings (SSSR count). The van der Waals surface area contributed by atoms with Gasteiger partial charge < -0.3 is 0 Å². The van der Waals surface area contributed by atoms with Crippen molar-refractivity contribution in [1.29, 1.82) is 0 Å². The van der Waals surface area contributed by atoms with Crippen LogP contribution in [0.25, 0.3) is 0 Å². The Hall–Kier alpha value is 2.43. The van der Waals surface area contributed by atoms with Gasteiger partial charge in [-0.2, -0.15) is 8.42 Å². The molecule has 7 heavy (non-hydrogen) atoms. The number of hydrogen-bond donors (Lipinski definition) is 2. The SMILES string of the molecule is O=S(=O)(O)O.[Cd].[KH]. The first-order chi connectivity index (χ1) is 2.00. The molecular formula is H3CdKO4S. The van der Waals surface area contributed by atoms with E-state index in [2.05, 4.69) is 0 Å².